The number of ether oxygens (including phenoxy) is 2. The lowest BCUT2D eigenvalue weighted by Crippen LogP contribution is -2.54. The zero-order chi connectivity index (χ0) is 32.6. The van der Waals surface area contributed by atoms with Gasteiger partial charge in [0.2, 0.25) is 11.8 Å². The number of benzene rings is 1. The molecule has 1 saturated carbocycles. The van der Waals surface area contributed by atoms with E-state index in [-0.39, 0.29) is 29.8 Å². The molecule has 1 aliphatic heterocycles. The highest BCUT2D eigenvalue weighted by molar-refractivity contribution is 5.91. The maximum atomic E-state index is 13.2. The maximum absolute atomic E-state index is 13.2. The number of imidazole rings is 1. The fourth-order valence-electron chi connectivity index (χ4n) is 5.45. The Bertz CT molecular complexity index is 1440. The van der Waals surface area contributed by atoms with Crippen LogP contribution < -0.4 is 11.1 Å². The molecule has 2 fully saturated rings. The van der Waals surface area contributed by atoms with Gasteiger partial charge in [-0.3, -0.25) is 14.4 Å². The van der Waals surface area contributed by atoms with Crippen LogP contribution in [-0.4, -0.2) is 75.5 Å². The van der Waals surface area contributed by atoms with Gasteiger partial charge in [0.15, 0.2) is 5.78 Å². The molecule has 2 aromatic rings. The Morgan fingerprint density at radius 3 is 2.51 bits per heavy atom. The summed E-state index contributed by atoms with van der Waals surface area (Å²) in [5.74, 6) is 2.49. The molecule has 2 amide bonds. The zero-order valence-corrected chi connectivity index (χ0v) is 26.7. The number of rotatable bonds is 12. The smallest absolute Gasteiger partial charge is 0.250 e. The second-order valence-corrected chi connectivity index (χ2v) is 12.3. The van der Waals surface area contributed by atoms with Gasteiger partial charge in [-0.1, -0.05) is 48.6 Å². The van der Waals surface area contributed by atoms with Crippen molar-refractivity contribution in [3.8, 4) is 12.3 Å². The van der Waals surface area contributed by atoms with Crippen molar-refractivity contribution in [2.45, 2.75) is 76.8 Å². The number of ketones is 1. The first-order valence-electron chi connectivity index (χ1n) is 15.5. The van der Waals surface area contributed by atoms with Crippen LogP contribution in [0.1, 0.15) is 64.3 Å². The summed E-state index contributed by atoms with van der Waals surface area (Å²) < 4.78 is 13.2. The third-order valence-corrected chi connectivity index (χ3v) is 8.16. The monoisotopic (exact) mass is 615 g/mol. The predicted octanol–water partition coefficient (Wildman–Crippen LogP) is 3.33. The van der Waals surface area contributed by atoms with E-state index in [0.29, 0.717) is 24.8 Å². The van der Waals surface area contributed by atoms with Crippen molar-refractivity contribution in [3.63, 3.8) is 0 Å². The minimum absolute atomic E-state index is 0.124. The molecule has 1 aromatic carbocycles. The molecule has 0 spiro atoms. The molecule has 45 heavy (non-hydrogen) atoms. The quantitative estimate of drug-likeness (QED) is 0.351. The summed E-state index contributed by atoms with van der Waals surface area (Å²) in [6, 6.07) is 8.55. The van der Waals surface area contributed by atoms with Crippen LogP contribution in [0.5, 0.6) is 0 Å². The van der Waals surface area contributed by atoms with Crippen molar-refractivity contribution in [2.24, 2.45) is 11.7 Å². The number of nitrogens with two attached hydrogens (primary N) is 1. The summed E-state index contributed by atoms with van der Waals surface area (Å²) in [5.41, 5.74) is 7.10. The highest BCUT2D eigenvalue weighted by Crippen LogP contribution is 2.53. The van der Waals surface area contributed by atoms with E-state index in [1.807, 2.05) is 52.8 Å². The van der Waals surface area contributed by atoms with Gasteiger partial charge in [-0.05, 0) is 64.0 Å². The molecular weight excluding hydrogens is 570 g/mol. The van der Waals surface area contributed by atoms with Gasteiger partial charge in [0.1, 0.15) is 17.8 Å². The number of aromatic nitrogens is 2. The zero-order valence-electron chi connectivity index (χ0n) is 26.7. The van der Waals surface area contributed by atoms with E-state index in [1.165, 1.54) is 6.92 Å². The predicted molar refractivity (Wildman–Crippen MR) is 172 cm³/mol. The van der Waals surface area contributed by atoms with E-state index in [1.54, 1.807) is 26.4 Å². The van der Waals surface area contributed by atoms with Gasteiger partial charge in [-0.15, -0.1) is 6.42 Å². The number of likely N-dealkylation sites (tertiary alicyclic amines) is 1. The van der Waals surface area contributed by atoms with Crippen LogP contribution in [0, 0.1) is 18.3 Å². The van der Waals surface area contributed by atoms with Crippen LogP contribution >= 0.6 is 0 Å². The second-order valence-electron chi connectivity index (χ2n) is 12.3. The van der Waals surface area contributed by atoms with Gasteiger partial charge in [0, 0.05) is 31.8 Å². The van der Waals surface area contributed by atoms with Crippen molar-refractivity contribution in [1.82, 2.24) is 19.8 Å². The Balaban J connectivity index is 0.000000211. The van der Waals surface area contributed by atoms with Crippen LogP contribution in [0.25, 0.3) is 0 Å². The number of fused-ring (bicyclic) bond motifs is 1. The van der Waals surface area contributed by atoms with Crippen LogP contribution in [0.2, 0.25) is 0 Å². The first-order valence-corrected chi connectivity index (χ1v) is 15.5. The van der Waals surface area contributed by atoms with Crippen LogP contribution in [-0.2, 0) is 30.5 Å². The Hall–Kier alpha value is -4.04. The number of Topliss-reactive ketones (excluding diaryl/α,β-unsaturated/α-hetero) is 1. The van der Waals surface area contributed by atoms with Gasteiger partial charge < -0.3 is 30.0 Å². The number of hydrogen-bond donors (Lipinski definition) is 2. The van der Waals surface area contributed by atoms with Gasteiger partial charge in [-0.25, -0.2) is 4.98 Å². The number of amides is 2. The number of allylic oxidation sites excluding steroid dienone is 1. The Labute approximate surface area is 266 Å². The number of nitrogens with zero attached hydrogens (tertiary/aromatic N) is 3. The molecule has 3 aliphatic rings. The molecule has 1 aromatic heterocycles. The van der Waals surface area contributed by atoms with E-state index in [2.05, 4.69) is 28.4 Å². The third-order valence-electron chi connectivity index (χ3n) is 8.16. The molecule has 2 aliphatic carbocycles. The Kier molecular flexibility index (Phi) is 11.2. The molecule has 0 bridgehead atoms. The summed E-state index contributed by atoms with van der Waals surface area (Å²) in [4.78, 5) is 42.6. The van der Waals surface area contributed by atoms with Crippen molar-refractivity contribution in [3.05, 3.63) is 77.9 Å². The lowest BCUT2D eigenvalue weighted by Gasteiger charge is -2.27. The minimum atomic E-state index is -1.02. The van der Waals surface area contributed by atoms with E-state index < -0.39 is 17.6 Å². The lowest BCUT2D eigenvalue weighted by molar-refractivity contribution is -0.132. The summed E-state index contributed by atoms with van der Waals surface area (Å²) >= 11 is 0. The topological polar surface area (TPSA) is 129 Å². The van der Waals surface area contributed by atoms with Crippen molar-refractivity contribution >= 4 is 17.6 Å². The van der Waals surface area contributed by atoms with Crippen LogP contribution in [0.3, 0.4) is 0 Å². The van der Waals surface area contributed by atoms with Gasteiger partial charge in [0.05, 0.1) is 30.7 Å². The molecule has 10 heteroatoms. The van der Waals surface area contributed by atoms with Crippen molar-refractivity contribution in [1.29, 1.82) is 0 Å². The molecule has 4 atom stereocenters. The second kappa shape index (κ2) is 14.8. The molecule has 3 unspecified atom stereocenters. The van der Waals surface area contributed by atoms with E-state index >= 15 is 0 Å². The highest BCUT2D eigenvalue weighted by Gasteiger charge is 2.54. The van der Waals surface area contributed by atoms with Crippen molar-refractivity contribution in [2.75, 3.05) is 26.3 Å². The molecule has 2 heterocycles. The fraction of sp³-hybridized carbons (Fsp3) is 0.486. The lowest BCUT2D eigenvalue weighted by atomic mass is 9.97. The molecule has 240 valence electrons. The summed E-state index contributed by atoms with van der Waals surface area (Å²) in [6.45, 7) is 9.50. The number of nitrogens with one attached hydrogen (secondary N) is 1. The molecule has 1 saturated heterocycles. The highest BCUT2D eigenvalue weighted by atomic mass is 16.5. The number of hydrogen-bond acceptors (Lipinski definition) is 7. The molecule has 0 radical (unpaired) electrons. The molecule has 3 N–H and O–H groups in total. The van der Waals surface area contributed by atoms with E-state index in [4.69, 9.17) is 21.6 Å². The van der Waals surface area contributed by atoms with Crippen LogP contribution in [0.15, 0.2) is 66.7 Å². The first-order chi connectivity index (χ1) is 21.5. The largest absolute Gasteiger partial charge is 0.374 e. The van der Waals surface area contributed by atoms with Gasteiger partial charge >= 0.3 is 0 Å². The minimum Gasteiger partial charge on any atom is -0.374 e. The van der Waals surface area contributed by atoms with E-state index in [9.17, 15) is 14.4 Å². The maximum Gasteiger partial charge on any atom is 0.250 e. The fourth-order valence-corrected chi connectivity index (χ4v) is 5.45. The summed E-state index contributed by atoms with van der Waals surface area (Å²) in [7, 11) is 0. The third kappa shape index (κ3) is 8.78. The number of carbonyl (C=O) groups is 3. The van der Waals surface area contributed by atoms with Crippen LogP contribution in [0.4, 0.5) is 0 Å². The summed E-state index contributed by atoms with van der Waals surface area (Å²) in [6.07, 6.45) is 18.4. The van der Waals surface area contributed by atoms with Crippen molar-refractivity contribution < 1.29 is 23.9 Å². The number of carbonyl (C=O) groups excluding carboxylic acids is 3. The Morgan fingerprint density at radius 2 is 1.93 bits per heavy atom. The number of terminal acetylenes is 1. The molecule has 10 nitrogen and oxygen atoms in total. The average Bonchev–Trinajstić information content (AvgIpc) is 3.34. The molecular formula is C35H45N5O5. The molecule has 5 rings (SSSR count). The SMILES string of the molecule is C#Cc1cn(C(C(=O)N2CCCC2)C2=CC3CC3(OCC)C=C2)cn1.CC(=O)[C@@H](COCc1ccccc1)NC(=O)C(C)(C)N. The van der Waals surface area contributed by atoms with Gasteiger partial charge in [-0.2, -0.15) is 0 Å². The van der Waals surface area contributed by atoms with E-state index in [0.717, 1.165) is 43.5 Å². The standard InChI is InChI=1S/C20H23N3O2.C15H22N2O3/c1-3-17-13-23(14-21-17)18(19(24)22-9-5-6-10-22)15-7-8-20(25-4-2)12-16(20)11-15;1-11(18)13(17-14(19)15(2,3)16)10-20-9-12-7-5-4-6-8-12/h1,7-8,11,13-14,16,18H,4-6,9-10,12H2,2H3;4-8,13H,9-10,16H2,1-3H3,(H,17,19)/t;13-/m.1/s1. The Morgan fingerprint density at radius 1 is 1.22 bits per heavy atom. The average molecular weight is 616 g/mol. The normalized spacial score (nSPS) is 21.4. The summed E-state index contributed by atoms with van der Waals surface area (Å²) in [5, 5.41) is 2.60. The van der Waals surface area contributed by atoms with Gasteiger partial charge in [0.25, 0.3) is 0 Å². The first kappa shape index (κ1) is 33.8.